The van der Waals surface area contributed by atoms with E-state index in [1.165, 1.54) is 19.3 Å². The lowest BCUT2D eigenvalue weighted by molar-refractivity contribution is 0.0963. The number of nitrogens with one attached hydrogen (secondary N) is 2. The van der Waals surface area contributed by atoms with Crippen LogP contribution in [0.2, 0.25) is 0 Å². The van der Waals surface area contributed by atoms with Crippen molar-refractivity contribution >= 4 is 11.7 Å². The second kappa shape index (κ2) is 4.96. The molecule has 1 aromatic heterocycles. The van der Waals surface area contributed by atoms with Gasteiger partial charge in [-0.15, -0.1) is 0 Å². The first-order valence-electron chi connectivity index (χ1n) is 5.72. The van der Waals surface area contributed by atoms with Gasteiger partial charge in [0, 0.05) is 19.8 Å². The van der Waals surface area contributed by atoms with Crippen LogP contribution in [0.15, 0.2) is 18.3 Å². The number of carbonyl (C=O) groups is 1. The van der Waals surface area contributed by atoms with E-state index < -0.39 is 0 Å². The minimum Gasteiger partial charge on any atom is -0.369 e. The Hall–Kier alpha value is -1.58. The lowest BCUT2D eigenvalue weighted by atomic mass is 10.2. The molecule has 1 heterocycles. The molecule has 0 radical (unpaired) electrons. The quantitative estimate of drug-likeness (QED) is 0.791. The Morgan fingerprint density at radius 3 is 3.06 bits per heavy atom. The first kappa shape index (κ1) is 10.9. The molecule has 1 aliphatic rings. The van der Waals surface area contributed by atoms with E-state index in [9.17, 15) is 4.79 Å². The molecule has 0 aromatic carbocycles. The Kier molecular flexibility index (Phi) is 3.39. The largest absolute Gasteiger partial charge is 0.369 e. The molecular formula is C12H17N3O. The molecule has 0 unspecified atom stereocenters. The molecule has 0 saturated heterocycles. The molecule has 86 valence electrons. The molecule has 4 heteroatoms. The lowest BCUT2D eigenvalue weighted by Crippen LogP contribution is -2.20. The zero-order chi connectivity index (χ0) is 11.4. The number of nitrogens with zero attached hydrogens (tertiary/aromatic N) is 1. The molecule has 0 atom stereocenters. The minimum atomic E-state index is -0.0954. The van der Waals surface area contributed by atoms with Crippen molar-refractivity contribution in [3.8, 4) is 0 Å². The van der Waals surface area contributed by atoms with E-state index in [0.717, 1.165) is 12.5 Å². The third-order valence-corrected chi connectivity index (χ3v) is 2.82. The van der Waals surface area contributed by atoms with Crippen LogP contribution in [0.4, 0.5) is 5.82 Å². The summed E-state index contributed by atoms with van der Waals surface area (Å²) in [4.78, 5) is 15.7. The van der Waals surface area contributed by atoms with Crippen molar-refractivity contribution in [2.75, 3.05) is 18.9 Å². The molecule has 0 bridgehead atoms. The third kappa shape index (κ3) is 2.72. The second-order valence-electron chi connectivity index (χ2n) is 4.14. The minimum absolute atomic E-state index is 0.0954. The van der Waals surface area contributed by atoms with Crippen LogP contribution in [-0.2, 0) is 0 Å². The van der Waals surface area contributed by atoms with Gasteiger partial charge >= 0.3 is 0 Å². The Bertz CT molecular complexity index is 374. The molecule has 1 saturated carbocycles. The molecule has 2 N–H and O–H groups in total. The Labute approximate surface area is 95.5 Å². The molecule has 4 nitrogen and oxygen atoms in total. The van der Waals surface area contributed by atoms with Crippen molar-refractivity contribution in [2.24, 2.45) is 5.92 Å². The SMILES string of the molecule is CNC(=O)c1cccnc1NCCC1CC1. The highest BCUT2D eigenvalue weighted by atomic mass is 16.1. The van der Waals surface area contributed by atoms with Crippen molar-refractivity contribution in [2.45, 2.75) is 19.3 Å². The molecule has 1 amide bonds. The smallest absolute Gasteiger partial charge is 0.254 e. The van der Waals surface area contributed by atoms with Gasteiger partial charge in [-0.3, -0.25) is 4.79 Å². The van der Waals surface area contributed by atoms with Crippen molar-refractivity contribution in [3.05, 3.63) is 23.9 Å². The van der Waals surface area contributed by atoms with Crippen LogP contribution in [-0.4, -0.2) is 24.5 Å². The van der Waals surface area contributed by atoms with Crippen LogP contribution in [0.3, 0.4) is 0 Å². The van der Waals surface area contributed by atoms with E-state index in [1.807, 2.05) is 0 Å². The summed E-state index contributed by atoms with van der Waals surface area (Å²) in [6.45, 7) is 0.895. The highest BCUT2D eigenvalue weighted by molar-refractivity contribution is 5.98. The Morgan fingerprint density at radius 1 is 1.56 bits per heavy atom. The molecule has 1 aliphatic carbocycles. The van der Waals surface area contributed by atoms with Crippen LogP contribution in [0, 0.1) is 5.92 Å². The van der Waals surface area contributed by atoms with Gasteiger partial charge in [0.05, 0.1) is 5.56 Å². The highest BCUT2D eigenvalue weighted by Crippen LogP contribution is 2.32. The van der Waals surface area contributed by atoms with Gasteiger partial charge in [0.25, 0.3) is 5.91 Å². The van der Waals surface area contributed by atoms with Gasteiger partial charge in [-0.05, 0) is 24.5 Å². The molecule has 16 heavy (non-hydrogen) atoms. The van der Waals surface area contributed by atoms with Gasteiger partial charge in [-0.2, -0.15) is 0 Å². The van der Waals surface area contributed by atoms with Crippen molar-refractivity contribution in [3.63, 3.8) is 0 Å². The fourth-order valence-electron chi connectivity index (χ4n) is 1.67. The second-order valence-corrected chi connectivity index (χ2v) is 4.14. The predicted octanol–water partition coefficient (Wildman–Crippen LogP) is 1.65. The van der Waals surface area contributed by atoms with Gasteiger partial charge in [0.15, 0.2) is 0 Å². The van der Waals surface area contributed by atoms with Crippen molar-refractivity contribution < 1.29 is 4.79 Å². The summed E-state index contributed by atoms with van der Waals surface area (Å²) in [5, 5.41) is 5.84. The van der Waals surface area contributed by atoms with Crippen LogP contribution in [0.25, 0.3) is 0 Å². The maximum atomic E-state index is 11.6. The molecule has 2 rings (SSSR count). The number of rotatable bonds is 5. The fraction of sp³-hybridized carbons (Fsp3) is 0.500. The number of pyridine rings is 1. The summed E-state index contributed by atoms with van der Waals surface area (Å²) >= 11 is 0. The van der Waals surface area contributed by atoms with Gasteiger partial charge in [0.2, 0.25) is 0 Å². The zero-order valence-corrected chi connectivity index (χ0v) is 9.49. The fourth-order valence-corrected chi connectivity index (χ4v) is 1.67. The number of aromatic nitrogens is 1. The van der Waals surface area contributed by atoms with Gasteiger partial charge in [-0.1, -0.05) is 12.8 Å². The third-order valence-electron chi connectivity index (χ3n) is 2.82. The Balaban J connectivity index is 1.97. The topological polar surface area (TPSA) is 54.0 Å². The van der Waals surface area contributed by atoms with E-state index >= 15 is 0 Å². The van der Waals surface area contributed by atoms with Crippen molar-refractivity contribution in [1.29, 1.82) is 0 Å². The van der Waals surface area contributed by atoms with Crippen LogP contribution >= 0.6 is 0 Å². The van der Waals surface area contributed by atoms with E-state index in [0.29, 0.717) is 11.4 Å². The normalized spacial score (nSPS) is 14.6. The maximum absolute atomic E-state index is 11.6. The van der Waals surface area contributed by atoms with E-state index in [-0.39, 0.29) is 5.91 Å². The van der Waals surface area contributed by atoms with Gasteiger partial charge in [-0.25, -0.2) is 4.98 Å². The molecule has 1 fully saturated rings. The van der Waals surface area contributed by atoms with E-state index in [1.54, 1.807) is 25.4 Å². The first-order valence-corrected chi connectivity index (χ1v) is 5.72. The molecule has 0 spiro atoms. The number of amides is 1. The van der Waals surface area contributed by atoms with Crippen LogP contribution < -0.4 is 10.6 Å². The predicted molar refractivity (Wildman–Crippen MR) is 63.5 cm³/mol. The Morgan fingerprint density at radius 2 is 2.38 bits per heavy atom. The number of anilines is 1. The summed E-state index contributed by atoms with van der Waals surface area (Å²) in [5.41, 5.74) is 0.612. The lowest BCUT2D eigenvalue weighted by Gasteiger charge is -2.09. The van der Waals surface area contributed by atoms with Crippen LogP contribution in [0.1, 0.15) is 29.6 Å². The summed E-state index contributed by atoms with van der Waals surface area (Å²) in [6, 6.07) is 3.56. The highest BCUT2D eigenvalue weighted by Gasteiger charge is 2.20. The van der Waals surface area contributed by atoms with Gasteiger partial charge < -0.3 is 10.6 Å². The summed E-state index contributed by atoms with van der Waals surface area (Å²) in [7, 11) is 1.63. The summed E-state index contributed by atoms with van der Waals surface area (Å²) in [5.74, 6) is 1.48. The monoisotopic (exact) mass is 219 g/mol. The standard InChI is InChI=1S/C12H17N3O/c1-13-12(16)10-3-2-7-14-11(10)15-8-6-9-4-5-9/h2-3,7,9H,4-6,8H2,1H3,(H,13,16)(H,14,15). The summed E-state index contributed by atoms with van der Waals surface area (Å²) < 4.78 is 0. The van der Waals surface area contributed by atoms with E-state index in [2.05, 4.69) is 15.6 Å². The molecule has 1 aromatic rings. The number of hydrogen-bond donors (Lipinski definition) is 2. The molecule has 0 aliphatic heterocycles. The maximum Gasteiger partial charge on any atom is 0.254 e. The molecular weight excluding hydrogens is 202 g/mol. The number of carbonyl (C=O) groups excluding carboxylic acids is 1. The van der Waals surface area contributed by atoms with Crippen molar-refractivity contribution in [1.82, 2.24) is 10.3 Å². The first-order chi connectivity index (χ1) is 7.81. The average Bonchev–Trinajstić information content (AvgIpc) is 3.13. The van der Waals surface area contributed by atoms with Crippen LogP contribution in [0.5, 0.6) is 0 Å². The average molecular weight is 219 g/mol. The number of hydrogen-bond acceptors (Lipinski definition) is 3. The zero-order valence-electron chi connectivity index (χ0n) is 9.49. The summed E-state index contributed by atoms with van der Waals surface area (Å²) in [6.07, 6.45) is 5.58. The van der Waals surface area contributed by atoms with E-state index in [4.69, 9.17) is 0 Å². The van der Waals surface area contributed by atoms with Gasteiger partial charge in [0.1, 0.15) is 5.82 Å².